The fourth-order valence-corrected chi connectivity index (χ4v) is 2.06. The van der Waals surface area contributed by atoms with Gasteiger partial charge in [-0.25, -0.2) is 4.98 Å². The van der Waals surface area contributed by atoms with Crippen molar-refractivity contribution in [1.29, 1.82) is 0 Å². The van der Waals surface area contributed by atoms with Crippen LogP contribution in [0.25, 0.3) is 0 Å². The summed E-state index contributed by atoms with van der Waals surface area (Å²) >= 11 is 5.65. The third-order valence-electron chi connectivity index (χ3n) is 2.73. The van der Waals surface area contributed by atoms with Gasteiger partial charge in [-0.15, -0.1) is 0 Å². The summed E-state index contributed by atoms with van der Waals surface area (Å²) < 4.78 is 0. The molecule has 1 unspecified atom stereocenters. The van der Waals surface area contributed by atoms with E-state index in [1.165, 1.54) is 6.20 Å². The van der Waals surface area contributed by atoms with E-state index in [9.17, 15) is 4.79 Å². The van der Waals surface area contributed by atoms with Gasteiger partial charge in [-0.05, 0) is 19.4 Å². The van der Waals surface area contributed by atoms with Crippen molar-refractivity contribution in [2.75, 3.05) is 6.54 Å². The van der Waals surface area contributed by atoms with E-state index in [4.69, 9.17) is 17.3 Å². The predicted molar refractivity (Wildman–Crippen MR) is 59.7 cm³/mol. The zero-order chi connectivity index (χ0) is 11.5. The maximum absolute atomic E-state index is 11.2. The molecule has 0 aliphatic carbocycles. The Morgan fingerprint density at radius 1 is 1.56 bits per heavy atom. The Kier molecular flexibility index (Phi) is 3.36. The van der Waals surface area contributed by atoms with Crippen molar-refractivity contribution >= 4 is 17.5 Å². The van der Waals surface area contributed by atoms with Crippen LogP contribution < -0.4 is 5.73 Å². The Labute approximate surface area is 98.6 Å². The third-order valence-corrected chi connectivity index (χ3v) is 2.93. The number of nitrogens with zero attached hydrogens (tertiary/aromatic N) is 3. The van der Waals surface area contributed by atoms with Gasteiger partial charge >= 0.3 is 0 Å². The molecular formula is C10H13ClN4O. The molecule has 0 spiro atoms. The minimum absolute atomic E-state index is 0.169. The van der Waals surface area contributed by atoms with E-state index in [1.807, 2.05) is 4.90 Å². The first-order valence-corrected chi connectivity index (χ1v) is 5.54. The highest BCUT2D eigenvalue weighted by atomic mass is 35.5. The molecule has 1 aliphatic rings. The van der Waals surface area contributed by atoms with Crippen LogP contribution in [0.3, 0.4) is 0 Å². The molecule has 1 amide bonds. The van der Waals surface area contributed by atoms with Gasteiger partial charge in [0.25, 0.3) is 0 Å². The first kappa shape index (κ1) is 11.3. The van der Waals surface area contributed by atoms with Crippen LogP contribution in [-0.2, 0) is 11.3 Å². The molecule has 2 rings (SSSR count). The second kappa shape index (κ2) is 4.76. The molecule has 16 heavy (non-hydrogen) atoms. The molecular weight excluding hydrogens is 228 g/mol. The van der Waals surface area contributed by atoms with Crippen molar-refractivity contribution in [3.8, 4) is 0 Å². The van der Waals surface area contributed by atoms with Gasteiger partial charge in [-0.2, -0.15) is 0 Å². The van der Waals surface area contributed by atoms with Gasteiger partial charge < -0.3 is 5.73 Å². The lowest BCUT2D eigenvalue weighted by atomic mass is 10.2. The van der Waals surface area contributed by atoms with E-state index in [0.29, 0.717) is 11.7 Å². The SMILES string of the molecule is NC(=O)C1CCCN1Cc1cnc(Cl)cn1. The van der Waals surface area contributed by atoms with Gasteiger partial charge in [0.15, 0.2) is 0 Å². The summed E-state index contributed by atoms with van der Waals surface area (Å²) in [7, 11) is 0. The van der Waals surface area contributed by atoms with Crippen molar-refractivity contribution in [3.05, 3.63) is 23.2 Å². The van der Waals surface area contributed by atoms with E-state index >= 15 is 0 Å². The van der Waals surface area contributed by atoms with Crippen molar-refractivity contribution in [1.82, 2.24) is 14.9 Å². The highest BCUT2D eigenvalue weighted by Gasteiger charge is 2.28. The van der Waals surface area contributed by atoms with Crippen molar-refractivity contribution in [2.45, 2.75) is 25.4 Å². The highest BCUT2D eigenvalue weighted by molar-refractivity contribution is 6.29. The van der Waals surface area contributed by atoms with Crippen molar-refractivity contribution in [3.63, 3.8) is 0 Å². The van der Waals surface area contributed by atoms with Crippen LogP contribution in [0.15, 0.2) is 12.4 Å². The number of halogens is 1. The summed E-state index contributed by atoms with van der Waals surface area (Å²) in [4.78, 5) is 21.3. The molecule has 5 nitrogen and oxygen atoms in total. The second-order valence-electron chi connectivity index (χ2n) is 3.86. The topological polar surface area (TPSA) is 72.1 Å². The number of likely N-dealkylation sites (tertiary alicyclic amines) is 1. The van der Waals surface area contributed by atoms with E-state index < -0.39 is 0 Å². The molecule has 0 radical (unpaired) electrons. The van der Waals surface area contributed by atoms with Gasteiger partial charge in [0.2, 0.25) is 5.91 Å². The van der Waals surface area contributed by atoms with Crippen LogP contribution >= 0.6 is 11.6 Å². The molecule has 2 N–H and O–H groups in total. The Morgan fingerprint density at radius 2 is 2.38 bits per heavy atom. The number of carbonyl (C=O) groups is 1. The number of hydrogen-bond acceptors (Lipinski definition) is 4. The van der Waals surface area contributed by atoms with E-state index in [1.54, 1.807) is 6.20 Å². The van der Waals surface area contributed by atoms with E-state index in [0.717, 1.165) is 25.1 Å². The number of hydrogen-bond donors (Lipinski definition) is 1. The Bertz CT molecular complexity index is 381. The van der Waals surface area contributed by atoms with Gasteiger partial charge in [0.1, 0.15) is 5.15 Å². The fourth-order valence-electron chi connectivity index (χ4n) is 1.97. The first-order chi connectivity index (χ1) is 7.66. The molecule has 2 heterocycles. The largest absolute Gasteiger partial charge is 0.368 e. The number of nitrogens with two attached hydrogens (primary N) is 1. The number of aromatic nitrogens is 2. The number of rotatable bonds is 3. The summed E-state index contributed by atoms with van der Waals surface area (Å²) in [6, 6.07) is -0.169. The molecule has 6 heteroatoms. The fraction of sp³-hybridized carbons (Fsp3) is 0.500. The molecule has 86 valence electrons. The lowest BCUT2D eigenvalue weighted by Crippen LogP contribution is -2.39. The van der Waals surface area contributed by atoms with Gasteiger partial charge in [0, 0.05) is 6.54 Å². The van der Waals surface area contributed by atoms with E-state index in [2.05, 4.69) is 9.97 Å². The molecule has 1 saturated heterocycles. The standard InChI is InChI=1S/C10H13ClN4O/c11-9-5-13-7(4-14-9)6-15-3-1-2-8(15)10(12)16/h4-5,8H,1-3,6H2,(H2,12,16). The monoisotopic (exact) mass is 240 g/mol. The number of primary amides is 1. The third kappa shape index (κ3) is 2.48. The Balaban J connectivity index is 2.03. The normalized spacial score (nSPS) is 21.2. The Hall–Kier alpha value is -1.20. The van der Waals surface area contributed by atoms with Crippen LogP contribution in [-0.4, -0.2) is 33.4 Å². The summed E-state index contributed by atoms with van der Waals surface area (Å²) in [6.45, 7) is 1.47. The average Bonchev–Trinajstić information content (AvgIpc) is 2.69. The van der Waals surface area contributed by atoms with Gasteiger partial charge in [0.05, 0.1) is 24.1 Å². The van der Waals surface area contributed by atoms with Gasteiger partial charge in [-0.3, -0.25) is 14.7 Å². The second-order valence-corrected chi connectivity index (χ2v) is 4.25. The molecule has 0 aromatic carbocycles. The van der Waals surface area contributed by atoms with Crippen LogP contribution in [0.2, 0.25) is 5.15 Å². The summed E-state index contributed by atoms with van der Waals surface area (Å²) in [5.74, 6) is -0.264. The smallest absolute Gasteiger partial charge is 0.234 e. The van der Waals surface area contributed by atoms with Crippen LogP contribution in [0.1, 0.15) is 18.5 Å². The number of carbonyl (C=O) groups excluding carboxylic acids is 1. The molecule has 1 aromatic rings. The maximum Gasteiger partial charge on any atom is 0.234 e. The molecule has 0 bridgehead atoms. The zero-order valence-electron chi connectivity index (χ0n) is 8.77. The molecule has 1 atom stereocenters. The molecule has 1 aromatic heterocycles. The summed E-state index contributed by atoms with van der Waals surface area (Å²) in [5.41, 5.74) is 6.13. The molecule has 1 aliphatic heterocycles. The van der Waals surface area contributed by atoms with Crippen LogP contribution in [0, 0.1) is 0 Å². The minimum Gasteiger partial charge on any atom is -0.368 e. The summed E-state index contributed by atoms with van der Waals surface area (Å²) in [6.07, 6.45) is 4.95. The lowest BCUT2D eigenvalue weighted by molar-refractivity contribution is -0.122. The maximum atomic E-state index is 11.2. The first-order valence-electron chi connectivity index (χ1n) is 5.16. The summed E-state index contributed by atoms with van der Waals surface area (Å²) in [5, 5.41) is 0.372. The van der Waals surface area contributed by atoms with Crippen LogP contribution in [0.5, 0.6) is 0 Å². The van der Waals surface area contributed by atoms with Gasteiger partial charge in [-0.1, -0.05) is 11.6 Å². The van der Waals surface area contributed by atoms with Crippen molar-refractivity contribution < 1.29 is 4.79 Å². The van der Waals surface area contributed by atoms with Crippen LogP contribution in [0.4, 0.5) is 0 Å². The Morgan fingerprint density at radius 3 is 3.00 bits per heavy atom. The molecule has 1 fully saturated rings. The molecule has 0 saturated carbocycles. The highest BCUT2D eigenvalue weighted by Crippen LogP contribution is 2.18. The number of amides is 1. The average molecular weight is 241 g/mol. The van der Waals surface area contributed by atoms with E-state index in [-0.39, 0.29) is 11.9 Å². The lowest BCUT2D eigenvalue weighted by Gasteiger charge is -2.20. The van der Waals surface area contributed by atoms with Crippen molar-refractivity contribution in [2.24, 2.45) is 5.73 Å². The quantitative estimate of drug-likeness (QED) is 0.839. The zero-order valence-corrected chi connectivity index (χ0v) is 9.52. The predicted octanol–water partition coefficient (Wildman–Crippen LogP) is 0.580. The minimum atomic E-state index is -0.264.